The Hall–Kier alpha value is -4.29. The number of pyridine rings is 3. The van der Waals surface area contributed by atoms with Crippen LogP contribution in [0.1, 0.15) is 35.4 Å². The van der Waals surface area contributed by atoms with E-state index in [1.807, 2.05) is 49.5 Å². The molecule has 1 atom stereocenters. The van der Waals surface area contributed by atoms with Gasteiger partial charge in [0.1, 0.15) is 11.4 Å². The molecule has 0 bridgehead atoms. The standard InChI is InChI=1S/C25H18FN2O.C15H18NSi.Ir/c1-15(17-7-4-3-5-8-17)22-14-21-19-9-6-10-20(23-13-18(26)11-12-27-23)25(19)29-24(21)16(2)28-22;1-12-5-7-13(8-6-12)15-10-9-14(11-16-15)17(2,3)4;/h3-9,11-15H,1-2H3;5-7,9-11H,1-4H3;/q2*-1;. The summed E-state index contributed by atoms with van der Waals surface area (Å²) in [6.45, 7) is 13.2. The van der Waals surface area contributed by atoms with Crippen LogP contribution in [0.15, 0.2) is 108 Å². The first-order chi connectivity index (χ1) is 22.1. The van der Waals surface area contributed by atoms with Gasteiger partial charge < -0.3 is 14.4 Å². The van der Waals surface area contributed by atoms with Crippen LogP contribution in [0.3, 0.4) is 0 Å². The van der Waals surface area contributed by atoms with E-state index >= 15 is 0 Å². The minimum atomic E-state index is -1.24. The van der Waals surface area contributed by atoms with Crippen LogP contribution in [0.2, 0.25) is 19.6 Å². The third-order valence-corrected chi connectivity index (χ3v) is 10.2. The molecule has 0 aliphatic rings. The van der Waals surface area contributed by atoms with Crippen molar-refractivity contribution < 1.29 is 28.9 Å². The van der Waals surface area contributed by atoms with Gasteiger partial charge in [0.05, 0.1) is 19.4 Å². The van der Waals surface area contributed by atoms with Gasteiger partial charge in [-0.3, -0.25) is 4.98 Å². The van der Waals surface area contributed by atoms with E-state index in [4.69, 9.17) is 9.40 Å². The van der Waals surface area contributed by atoms with Crippen molar-refractivity contribution in [2.24, 2.45) is 0 Å². The van der Waals surface area contributed by atoms with Gasteiger partial charge in [0.15, 0.2) is 0 Å². The Bertz CT molecular complexity index is 2120. The van der Waals surface area contributed by atoms with Crippen molar-refractivity contribution >= 4 is 35.2 Å². The molecule has 0 amide bonds. The summed E-state index contributed by atoms with van der Waals surface area (Å²) in [5, 5.41) is 3.34. The molecule has 0 spiro atoms. The van der Waals surface area contributed by atoms with E-state index in [0.29, 0.717) is 16.8 Å². The van der Waals surface area contributed by atoms with E-state index < -0.39 is 8.07 Å². The second-order valence-corrected chi connectivity index (χ2v) is 17.7. The number of aryl methyl sites for hydroxylation is 2. The molecule has 1 unspecified atom stereocenters. The number of hydrogen-bond donors (Lipinski definition) is 0. The first kappa shape index (κ1) is 34.1. The van der Waals surface area contributed by atoms with Gasteiger partial charge in [-0.25, -0.2) is 4.39 Å². The Kier molecular flexibility index (Phi) is 10.3. The van der Waals surface area contributed by atoms with Crippen molar-refractivity contribution in [1.82, 2.24) is 15.0 Å². The normalized spacial score (nSPS) is 11.9. The van der Waals surface area contributed by atoms with Gasteiger partial charge in [-0.2, -0.15) is 0 Å². The molecule has 4 nitrogen and oxygen atoms in total. The maximum absolute atomic E-state index is 13.7. The fourth-order valence-electron chi connectivity index (χ4n) is 5.44. The Labute approximate surface area is 290 Å². The van der Waals surface area contributed by atoms with Crippen LogP contribution in [0, 0.1) is 31.8 Å². The predicted octanol–water partition coefficient (Wildman–Crippen LogP) is 9.84. The number of rotatable bonds is 5. The zero-order valence-electron chi connectivity index (χ0n) is 27.4. The molecule has 4 heterocycles. The Morgan fingerprint density at radius 1 is 0.809 bits per heavy atom. The van der Waals surface area contributed by atoms with Crippen LogP contribution in [0.5, 0.6) is 0 Å². The number of furan rings is 1. The SMILES string of the molecule is Cc1c[c-]c(-c2ccc([Si](C)(C)C)cn2)cc1.Cc1nc(C(C)c2ccccc2)cc2c1oc1c(-c3cc(F)ccn3)[c-]ccc12.[Ir]. The van der Waals surface area contributed by atoms with E-state index in [1.165, 1.54) is 34.6 Å². The summed E-state index contributed by atoms with van der Waals surface area (Å²) in [5.74, 6) is -0.183. The van der Waals surface area contributed by atoms with Crippen molar-refractivity contribution in [3.8, 4) is 22.5 Å². The number of benzene rings is 3. The summed E-state index contributed by atoms with van der Waals surface area (Å²) < 4.78 is 19.9. The van der Waals surface area contributed by atoms with Gasteiger partial charge >= 0.3 is 0 Å². The smallest absolute Gasteiger partial charge is 0.142 e. The maximum atomic E-state index is 13.7. The van der Waals surface area contributed by atoms with E-state index in [2.05, 4.69) is 98.1 Å². The molecule has 239 valence electrons. The van der Waals surface area contributed by atoms with Gasteiger partial charge in [-0.05, 0) is 47.3 Å². The van der Waals surface area contributed by atoms with Crippen molar-refractivity contribution in [1.29, 1.82) is 0 Å². The third kappa shape index (κ3) is 7.49. The number of aromatic nitrogens is 3. The molecule has 0 aliphatic carbocycles. The van der Waals surface area contributed by atoms with Crippen molar-refractivity contribution in [2.75, 3.05) is 0 Å². The van der Waals surface area contributed by atoms with Crippen LogP contribution in [0.25, 0.3) is 44.5 Å². The first-order valence-electron chi connectivity index (χ1n) is 15.4. The Morgan fingerprint density at radius 3 is 2.26 bits per heavy atom. The van der Waals surface area contributed by atoms with Crippen molar-refractivity contribution in [3.63, 3.8) is 0 Å². The van der Waals surface area contributed by atoms with Gasteiger partial charge in [-0.15, -0.1) is 53.6 Å². The van der Waals surface area contributed by atoms with Crippen molar-refractivity contribution in [3.05, 3.63) is 144 Å². The average Bonchev–Trinajstić information content (AvgIpc) is 3.45. The largest absolute Gasteiger partial charge is 0.499 e. The van der Waals surface area contributed by atoms with Crippen LogP contribution >= 0.6 is 0 Å². The number of fused-ring (bicyclic) bond motifs is 3. The second kappa shape index (κ2) is 14.2. The topological polar surface area (TPSA) is 51.8 Å². The van der Waals surface area contributed by atoms with Crippen LogP contribution in [-0.2, 0) is 20.1 Å². The summed E-state index contributed by atoms with van der Waals surface area (Å²) in [5.41, 5.74) is 8.86. The van der Waals surface area contributed by atoms with Crippen LogP contribution < -0.4 is 5.19 Å². The molecule has 0 fully saturated rings. The van der Waals surface area contributed by atoms with Gasteiger partial charge in [0.25, 0.3) is 0 Å². The molecule has 7 aromatic rings. The van der Waals surface area contributed by atoms with Crippen LogP contribution in [-0.4, -0.2) is 23.0 Å². The van der Waals surface area contributed by atoms with Gasteiger partial charge in [0, 0.05) is 49.5 Å². The molecular weight excluding hydrogens is 778 g/mol. The molecule has 1 radical (unpaired) electrons. The summed E-state index contributed by atoms with van der Waals surface area (Å²) >= 11 is 0. The average molecular weight is 814 g/mol. The predicted molar refractivity (Wildman–Crippen MR) is 188 cm³/mol. The van der Waals surface area contributed by atoms with Gasteiger partial charge in [0.2, 0.25) is 0 Å². The summed E-state index contributed by atoms with van der Waals surface area (Å²) in [4.78, 5) is 13.6. The molecule has 3 aromatic carbocycles. The molecule has 7 heteroatoms. The number of hydrogen-bond acceptors (Lipinski definition) is 4. The van der Waals surface area contributed by atoms with E-state index in [9.17, 15) is 4.39 Å². The van der Waals surface area contributed by atoms with Crippen molar-refractivity contribution in [2.45, 2.75) is 46.3 Å². The molecular formula is C40H36FIrN3OSi-2. The second-order valence-electron chi connectivity index (χ2n) is 12.7. The first-order valence-corrected chi connectivity index (χ1v) is 18.9. The fraction of sp³-hybridized carbons (Fsp3) is 0.175. The quantitative estimate of drug-likeness (QED) is 0.128. The third-order valence-electron chi connectivity index (χ3n) is 8.20. The molecule has 0 N–H and O–H groups in total. The minimum absolute atomic E-state index is 0. The summed E-state index contributed by atoms with van der Waals surface area (Å²) in [7, 11) is -1.24. The minimum Gasteiger partial charge on any atom is -0.499 e. The molecule has 0 saturated heterocycles. The monoisotopic (exact) mass is 814 g/mol. The summed E-state index contributed by atoms with van der Waals surface area (Å²) in [6.07, 6.45) is 3.47. The summed E-state index contributed by atoms with van der Waals surface area (Å²) in [6, 6.07) is 35.8. The Morgan fingerprint density at radius 2 is 1.60 bits per heavy atom. The number of halogens is 1. The Balaban J connectivity index is 0.000000207. The maximum Gasteiger partial charge on any atom is 0.142 e. The molecule has 0 saturated carbocycles. The molecule has 7 rings (SSSR count). The van der Waals surface area contributed by atoms with E-state index in [-0.39, 0.29) is 31.8 Å². The van der Waals surface area contributed by atoms with Gasteiger partial charge in [-0.1, -0.05) is 86.9 Å². The molecule has 4 aromatic heterocycles. The molecule has 0 aliphatic heterocycles. The zero-order valence-corrected chi connectivity index (χ0v) is 30.7. The molecule has 47 heavy (non-hydrogen) atoms. The zero-order chi connectivity index (χ0) is 32.4. The van der Waals surface area contributed by atoms with Crippen LogP contribution in [0.4, 0.5) is 4.39 Å². The number of nitrogens with zero attached hydrogens (tertiary/aromatic N) is 3. The van der Waals surface area contributed by atoms with E-state index in [0.717, 1.165) is 39.0 Å². The van der Waals surface area contributed by atoms with E-state index in [1.54, 1.807) is 0 Å². The fourth-order valence-corrected chi connectivity index (χ4v) is 6.48.